The third-order valence-corrected chi connectivity index (χ3v) is 4.02. The standard InChI is InChI=1S/C13H26N2/c1-3-12(4-2)15(13-7-8-13)10-11-6-5-9-14-11/h11-14H,3-10H2,1-2H3. The van der Waals surface area contributed by atoms with Crippen LogP contribution in [0.2, 0.25) is 0 Å². The highest BCUT2D eigenvalue weighted by atomic mass is 15.2. The molecule has 0 aromatic heterocycles. The van der Waals surface area contributed by atoms with Gasteiger partial charge >= 0.3 is 0 Å². The molecule has 0 radical (unpaired) electrons. The smallest absolute Gasteiger partial charge is 0.0195 e. The summed E-state index contributed by atoms with van der Waals surface area (Å²) in [5.41, 5.74) is 0. The van der Waals surface area contributed by atoms with Gasteiger partial charge in [-0.1, -0.05) is 13.8 Å². The molecule has 1 N–H and O–H groups in total. The maximum absolute atomic E-state index is 3.63. The largest absolute Gasteiger partial charge is 0.313 e. The number of hydrogen-bond acceptors (Lipinski definition) is 2. The normalized spacial score (nSPS) is 26.8. The Kier molecular flexibility index (Phi) is 4.04. The van der Waals surface area contributed by atoms with E-state index in [0.717, 1.165) is 18.1 Å². The van der Waals surface area contributed by atoms with Crippen LogP contribution < -0.4 is 5.32 Å². The zero-order chi connectivity index (χ0) is 10.7. The van der Waals surface area contributed by atoms with Crippen LogP contribution in [0, 0.1) is 0 Å². The molecule has 1 aliphatic heterocycles. The van der Waals surface area contributed by atoms with E-state index in [1.165, 1.54) is 51.6 Å². The molecule has 1 saturated heterocycles. The average Bonchev–Trinajstić information content (AvgIpc) is 2.97. The molecule has 1 saturated carbocycles. The van der Waals surface area contributed by atoms with E-state index in [9.17, 15) is 0 Å². The first-order valence-corrected chi connectivity index (χ1v) is 6.84. The molecule has 2 heteroatoms. The van der Waals surface area contributed by atoms with Crippen molar-refractivity contribution >= 4 is 0 Å². The molecule has 0 aromatic rings. The topological polar surface area (TPSA) is 15.3 Å². The summed E-state index contributed by atoms with van der Waals surface area (Å²) in [5.74, 6) is 0. The van der Waals surface area contributed by atoms with Gasteiger partial charge in [0.1, 0.15) is 0 Å². The lowest BCUT2D eigenvalue weighted by Gasteiger charge is -2.32. The van der Waals surface area contributed by atoms with Crippen LogP contribution in [0.25, 0.3) is 0 Å². The minimum Gasteiger partial charge on any atom is -0.313 e. The zero-order valence-corrected chi connectivity index (χ0v) is 10.3. The molecular formula is C13H26N2. The second kappa shape index (κ2) is 5.31. The van der Waals surface area contributed by atoms with Gasteiger partial charge in [0.25, 0.3) is 0 Å². The summed E-state index contributed by atoms with van der Waals surface area (Å²) in [6.45, 7) is 7.22. The predicted molar refractivity (Wildman–Crippen MR) is 65.1 cm³/mol. The van der Waals surface area contributed by atoms with E-state index in [1.54, 1.807) is 0 Å². The van der Waals surface area contributed by atoms with Crippen molar-refractivity contribution in [3.63, 3.8) is 0 Å². The summed E-state index contributed by atoms with van der Waals surface area (Å²) in [6.07, 6.45) is 8.31. The number of nitrogens with zero attached hydrogens (tertiary/aromatic N) is 1. The lowest BCUT2D eigenvalue weighted by molar-refractivity contribution is 0.161. The van der Waals surface area contributed by atoms with E-state index in [0.29, 0.717) is 0 Å². The number of hydrogen-bond donors (Lipinski definition) is 1. The van der Waals surface area contributed by atoms with E-state index >= 15 is 0 Å². The highest BCUT2D eigenvalue weighted by Crippen LogP contribution is 2.31. The van der Waals surface area contributed by atoms with Crippen LogP contribution in [0.1, 0.15) is 52.4 Å². The summed E-state index contributed by atoms with van der Waals surface area (Å²) in [6, 6.07) is 2.54. The second-order valence-corrected chi connectivity index (χ2v) is 5.19. The summed E-state index contributed by atoms with van der Waals surface area (Å²) in [4.78, 5) is 2.79. The molecule has 1 atom stereocenters. The molecule has 2 nitrogen and oxygen atoms in total. The van der Waals surface area contributed by atoms with Crippen molar-refractivity contribution in [2.45, 2.75) is 70.5 Å². The number of nitrogens with one attached hydrogen (secondary N) is 1. The van der Waals surface area contributed by atoms with E-state index < -0.39 is 0 Å². The van der Waals surface area contributed by atoms with Crippen LogP contribution in [0.3, 0.4) is 0 Å². The Morgan fingerprint density at radius 2 is 1.93 bits per heavy atom. The van der Waals surface area contributed by atoms with E-state index in [4.69, 9.17) is 0 Å². The van der Waals surface area contributed by atoms with Crippen molar-refractivity contribution in [2.24, 2.45) is 0 Å². The summed E-state index contributed by atoms with van der Waals surface area (Å²) in [5, 5.41) is 3.63. The Bertz CT molecular complexity index is 179. The summed E-state index contributed by atoms with van der Waals surface area (Å²) >= 11 is 0. The molecule has 0 bridgehead atoms. The fourth-order valence-corrected chi connectivity index (χ4v) is 2.93. The lowest BCUT2D eigenvalue weighted by atomic mass is 10.1. The van der Waals surface area contributed by atoms with Gasteiger partial charge in [0.05, 0.1) is 0 Å². The minimum atomic E-state index is 0.784. The van der Waals surface area contributed by atoms with Gasteiger partial charge in [-0.2, -0.15) is 0 Å². The van der Waals surface area contributed by atoms with Crippen molar-refractivity contribution in [3.05, 3.63) is 0 Å². The SMILES string of the molecule is CCC(CC)N(CC1CCCN1)C1CC1. The fourth-order valence-electron chi connectivity index (χ4n) is 2.93. The minimum absolute atomic E-state index is 0.784. The average molecular weight is 210 g/mol. The molecule has 2 aliphatic rings. The monoisotopic (exact) mass is 210 g/mol. The Labute approximate surface area is 94.4 Å². The van der Waals surface area contributed by atoms with Gasteiger partial charge in [0.2, 0.25) is 0 Å². The lowest BCUT2D eigenvalue weighted by Crippen LogP contribution is -2.44. The Morgan fingerprint density at radius 1 is 1.20 bits per heavy atom. The quantitative estimate of drug-likeness (QED) is 0.724. The maximum Gasteiger partial charge on any atom is 0.0195 e. The summed E-state index contributed by atoms with van der Waals surface area (Å²) < 4.78 is 0. The van der Waals surface area contributed by atoms with Gasteiger partial charge in [-0.15, -0.1) is 0 Å². The van der Waals surface area contributed by atoms with Gasteiger partial charge in [0.15, 0.2) is 0 Å². The van der Waals surface area contributed by atoms with E-state index in [-0.39, 0.29) is 0 Å². The van der Waals surface area contributed by atoms with E-state index in [2.05, 4.69) is 24.1 Å². The van der Waals surface area contributed by atoms with Crippen molar-refractivity contribution in [1.82, 2.24) is 10.2 Å². The van der Waals surface area contributed by atoms with Crippen LogP contribution in [0.5, 0.6) is 0 Å². The molecular weight excluding hydrogens is 184 g/mol. The molecule has 0 aromatic carbocycles. The molecule has 1 unspecified atom stereocenters. The van der Waals surface area contributed by atoms with Crippen molar-refractivity contribution < 1.29 is 0 Å². The first kappa shape index (κ1) is 11.4. The molecule has 1 aliphatic carbocycles. The molecule has 88 valence electrons. The molecule has 1 heterocycles. The maximum atomic E-state index is 3.63. The van der Waals surface area contributed by atoms with Gasteiger partial charge in [-0.05, 0) is 45.1 Å². The third kappa shape index (κ3) is 2.94. The molecule has 2 rings (SSSR count). The van der Waals surface area contributed by atoms with Gasteiger partial charge < -0.3 is 5.32 Å². The first-order valence-electron chi connectivity index (χ1n) is 6.84. The van der Waals surface area contributed by atoms with Crippen LogP contribution in [0.4, 0.5) is 0 Å². The first-order chi connectivity index (χ1) is 7.35. The van der Waals surface area contributed by atoms with Crippen molar-refractivity contribution in [1.29, 1.82) is 0 Å². The van der Waals surface area contributed by atoms with Gasteiger partial charge in [-0.3, -0.25) is 4.90 Å². The molecule has 2 fully saturated rings. The zero-order valence-electron chi connectivity index (χ0n) is 10.3. The molecule has 0 spiro atoms. The fraction of sp³-hybridized carbons (Fsp3) is 1.00. The Hall–Kier alpha value is -0.0800. The highest BCUT2D eigenvalue weighted by molar-refractivity contribution is 4.91. The summed E-state index contributed by atoms with van der Waals surface area (Å²) in [7, 11) is 0. The Morgan fingerprint density at radius 3 is 2.40 bits per heavy atom. The van der Waals surface area contributed by atoms with Crippen LogP contribution in [-0.2, 0) is 0 Å². The van der Waals surface area contributed by atoms with Crippen molar-refractivity contribution in [2.75, 3.05) is 13.1 Å². The Balaban J connectivity index is 1.86. The van der Waals surface area contributed by atoms with Gasteiger partial charge in [-0.25, -0.2) is 0 Å². The van der Waals surface area contributed by atoms with Crippen LogP contribution >= 0.6 is 0 Å². The highest BCUT2D eigenvalue weighted by Gasteiger charge is 2.34. The number of rotatable bonds is 6. The second-order valence-electron chi connectivity index (χ2n) is 5.19. The molecule has 15 heavy (non-hydrogen) atoms. The van der Waals surface area contributed by atoms with Crippen LogP contribution in [-0.4, -0.2) is 36.1 Å². The van der Waals surface area contributed by atoms with Gasteiger partial charge in [0, 0.05) is 24.7 Å². The van der Waals surface area contributed by atoms with Crippen molar-refractivity contribution in [3.8, 4) is 0 Å². The third-order valence-electron chi connectivity index (χ3n) is 4.02. The van der Waals surface area contributed by atoms with E-state index in [1.807, 2.05) is 0 Å². The predicted octanol–water partition coefficient (Wildman–Crippen LogP) is 2.39. The van der Waals surface area contributed by atoms with Crippen LogP contribution in [0.15, 0.2) is 0 Å². The molecule has 0 amide bonds.